The van der Waals surface area contributed by atoms with Gasteiger partial charge in [-0.15, -0.1) is 0 Å². The number of rotatable bonds is 5. The highest BCUT2D eigenvalue weighted by atomic mass is 16.5. The van der Waals surface area contributed by atoms with Crippen LogP contribution in [0.4, 0.5) is 0 Å². The summed E-state index contributed by atoms with van der Waals surface area (Å²) in [7, 11) is 0. The van der Waals surface area contributed by atoms with Gasteiger partial charge >= 0.3 is 0 Å². The fourth-order valence-electron chi connectivity index (χ4n) is 1.72. The van der Waals surface area contributed by atoms with E-state index in [1.54, 1.807) is 0 Å². The van der Waals surface area contributed by atoms with Crippen LogP contribution in [-0.2, 0) is 11.2 Å². The predicted octanol–water partition coefficient (Wildman–Crippen LogP) is 0.0439. The highest BCUT2D eigenvalue weighted by Crippen LogP contribution is 2.21. The molecule has 2 N–H and O–H groups in total. The molecule has 16 heavy (non-hydrogen) atoms. The first kappa shape index (κ1) is 11.5. The lowest BCUT2D eigenvalue weighted by Crippen LogP contribution is -2.15. The van der Waals surface area contributed by atoms with Crippen molar-refractivity contribution in [1.82, 2.24) is 15.5 Å². The summed E-state index contributed by atoms with van der Waals surface area (Å²) in [5.74, 6) is 1.22. The Balaban J connectivity index is 1.87. The Bertz CT molecular complexity index is 329. The Morgan fingerprint density at radius 2 is 2.50 bits per heavy atom. The minimum absolute atomic E-state index is 0.0108. The largest absolute Gasteiger partial charge is 0.392 e. The van der Waals surface area contributed by atoms with Crippen molar-refractivity contribution in [3.05, 3.63) is 11.7 Å². The molecule has 2 atom stereocenters. The maximum absolute atomic E-state index is 9.37. The van der Waals surface area contributed by atoms with Crippen molar-refractivity contribution in [3.63, 3.8) is 0 Å². The van der Waals surface area contributed by atoms with E-state index >= 15 is 0 Å². The lowest BCUT2D eigenvalue weighted by molar-refractivity contribution is 0.149. The molecule has 0 radical (unpaired) electrons. The van der Waals surface area contributed by atoms with Crippen LogP contribution in [0.25, 0.3) is 0 Å². The van der Waals surface area contributed by atoms with Crippen molar-refractivity contribution in [2.24, 2.45) is 0 Å². The molecule has 0 amide bonds. The molecule has 6 nitrogen and oxygen atoms in total. The van der Waals surface area contributed by atoms with E-state index < -0.39 is 0 Å². The van der Waals surface area contributed by atoms with Crippen LogP contribution >= 0.6 is 0 Å². The first-order valence-corrected chi connectivity index (χ1v) is 5.61. The molecule has 1 aliphatic rings. The van der Waals surface area contributed by atoms with E-state index in [2.05, 4.69) is 15.5 Å². The molecule has 6 heteroatoms. The Morgan fingerprint density at radius 1 is 1.62 bits per heavy atom. The third kappa shape index (κ3) is 2.78. The van der Waals surface area contributed by atoms with Crippen molar-refractivity contribution < 1.29 is 14.4 Å². The smallest absolute Gasteiger partial charge is 0.243 e. The van der Waals surface area contributed by atoms with Crippen LogP contribution in [-0.4, -0.2) is 41.1 Å². The Hall–Kier alpha value is -0.980. The van der Waals surface area contributed by atoms with E-state index in [1.165, 1.54) is 0 Å². The number of β-amino-alcohol motifs (C(OH)–C–C–N with tert-alkyl or cyclic N) is 1. The number of ether oxygens (including phenoxy) is 1. The monoisotopic (exact) mass is 227 g/mol. The lowest BCUT2D eigenvalue weighted by Gasteiger charge is -2.01. The lowest BCUT2D eigenvalue weighted by atomic mass is 10.2. The molecule has 2 heterocycles. The predicted molar refractivity (Wildman–Crippen MR) is 55.9 cm³/mol. The Morgan fingerprint density at radius 3 is 3.19 bits per heavy atom. The molecule has 0 saturated carbocycles. The van der Waals surface area contributed by atoms with E-state index in [4.69, 9.17) is 9.26 Å². The average molecular weight is 227 g/mol. The summed E-state index contributed by atoms with van der Waals surface area (Å²) in [5, 5.41) is 16.4. The van der Waals surface area contributed by atoms with Crippen LogP contribution in [0, 0.1) is 0 Å². The van der Waals surface area contributed by atoms with Gasteiger partial charge in [0.1, 0.15) is 0 Å². The second kappa shape index (κ2) is 5.38. The molecule has 2 rings (SSSR count). The van der Waals surface area contributed by atoms with Crippen LogP contribution in [0.3, 0.4) is 0 Å². The number of nitrogens with zero attached hydrogens (tertiary/aromatic N) is 2. The SMILES string of the molecule is CCOCCc1noc([C@H]2C[C@H](O)CN2)n1. The maximum atomic E-state index is 9.37. The fourth-order valence-corrected chi connectivity index (χ4v) is 1.72. The van der Waals surface area contributed by atoms with Gasteiger partial charge in [0.15, 0.2) is 5.82 Å². The van der Waals surface area contributed by atoms with Gasteiger partial charge in [-0.2, -0.15) is 4.98 Å². The van der Waals surface area contributed by atoms with Gasteiger partial charge in [-0.3, -0.25) is 0 Å². The number of hydrogen-bond acceptors (Lipinski definition) is 6. The average Bonchev–Trinajstić information content (AvgIpc) is 2.87. The Labute approximate surface area is 94.0 Å². The van der Waals surface area contributed by atoms with Crippen LogP contribution in [0.5, 0.6) is 0 Å². The standard InChI is InChI=1S/C10H17N3O3/c1-2-15-4-3-9-12-10(16-13-9)8-5-7(14)6-11-8/h7-8,11,14H,2-6H2,1H3/t7-,8+/m0/s1. The van der Waals surface area contributed by atoms with Crippen LogP contribution in [0.15, 0.2) is 4.52 Å². The maximum Gasteiger partial charge on any atom is 0.243 e. The molecule has 0 bridgehead atoms. The second-order valence-corrected chi connectivity index (χ2v) is 3.85. The number of nitrogens with one attached hydrogen (secondary N) is 1. The fraction of sp³-hybridized carbons (Fsp3) is 0.800. The van der Waals surface area contributed by atoms with Crippen LogP contribution in [0.1, 0.15) is 31.1 Å². The third-order valence-corrected chi connectivity index (χ3v) is 2.56. The molecule has 0 aliphatic carbocycles. The number of aliphatic hydroxyl groups excluding tert-OH is 1. The van der Waals surface area contributed by atoms with Crippen molar-refractivity contribution in [2.45, 2.75) is 31.9 Å². The molecule has 90 valence electrons. The van der Waals surface area contributed by atoms with E-state index in [1.807, 2.05) is 6.92 Å². The summed E-state index contributed by atoms with van der Waals surface area (Å²) in [6.45, 7) is 3.84. The van der Waals surface area contributed by atoms with Crippen molar-refractivity contribution in [2.75, 3.05) is 19.8 Å². The van der Waals surface area contributed by atoms with Gasteiger partial charge < -0.3 is 19.7 Å². The van der Waals surface area contributed by atoms with Gasteiger partial charge in [0.05, 0.1) is 18.8 Å². The second-order valence-electron chi connectivity index (χ2n) is 3.85. The summed E-state index contributed by atoms with van der Waals surface area (Å²) in [6, 6.07) is -0.0108. The first-order chi connectivity index (χ1) is 7.79. The zero-order valence-corrected chi connectivity index (χ0v) is 9.35. The Kier molecular flexibility index (Phi) is 3.87. The van der Waals surface area contributed by atoms with E-state index in [-0.39, 0.29) is 12.1 Å². The van der Waals surface area contributed by atoms with E-state index in [0.717, 1.165) is 0 Å². The third-order valence-electron chi connectivity index (χ3n) is 2.56. The summed E-state index contributed by atoms with van der Waals surface area (Å²) >= 11 is 0. The summed E-state index contributed by atoms with van der Waals surface area (Å²) in [4.78, 5) is 4.27. The highest BCUT2D eigenvalue weighted by molar-refractivity contribution is 4.97. The van der Waals surface area contributed by atoms with Gasteiger partial charge in [-0.25, -0.2) is 0 Å². The molecule has 1 aromatic heterocycles. The van der Waals surface area contributed by atoms with Crippen LogP contribution in [0.2, 0.25) is 0 Å². The quantitative estimate of drug-likeness (QED) is 0.691. The van der Waals surface area contributed by atoms with Gasteiger partial charge in [0.25, 0.3) is 0 Å². The van der Waals surface area contributed by atoms with Gasteiger partial charge in [0, 0.05) is 19.6 Å². The van der Waals surface area contributed by atoms with E-state index in [0.29, 0.717) is 44.3 Å². The topological polar surface area (TPSA) is 80.4 Å². The highest BCUT2D eigenvalue weighted by Gasteiger charge is 2.27. The summed E-state index contributed by atoms with van der Waals surface area (Å²) < 4.78 is 10.3. The molecular weight excluding hydrogens is 210 g/mol. The summed E-state index contributed by atoms with van der Waals surface area (Å²) in [5.41, 5.74) is 0. The van der Waals surface area contributed by atoms with E-state index in [9.17, 15) is 5.11 Å². The normalized spacial score (nSPS) is 25.1. The number of hydrogen-bond donors (Lipinski definition) is 2. The van der Waals surface area contributed by atoms with Crippen molar-refractivity contribution in [3.8, 4) is 0 Å². The van der Waals surface area contributed by atoms with Gasteiger partial charge in [-0.1, -0.05) is 5.16 Å². The zero-order valence-electron chi connectivity index (χ0n) is 9.35. The van der Waals surface area contributed by atoms with Crippen molar-refractivity contribution in [1.29, 1.82) is 0 Å². The molecule has 1 saturated heterocycles. The van der Waals surface area contributed by atoms with Crippen molar-refractivity contribution >= 4 is 0 Å². The molecule has 1 aromatic rings. The minimum Gasteiger partial charge on any atom is -0.392 e. The molecule has 1 fully saturated rings. The van der Waals surface area contributed by atoms with Gasteiger partial charge in [-0.05, 0) is 13.3 Å². The molecule has 0 aromatic carbocycles. The minimum atomic E-state index is -0.316. The number of aliphatic hydroxyl groups is 1. The summed E-state index contributed by atoms with van der Waals surface area (Å²) in [6.07, 6.45) is 0.975. The van der Waals surface area contributed by atoms with Crippen LogP contribution < -0.4 is 5.32 Å². The molecular formula is C10H17N3O3. The molecule has 0 spiro atoms. The first-order valence-electron chi connectivity index (χ1n) is 5.61. The molecule has 1 aliphatic heterocycles. The van der Waals surface area contributed by atoms with Gasteiger partial charge in [0.2, 0.25) is 5.89 Å². The molecule has 0 unspecified atom stereocenters. The zero-order chi connectivity index (χ0) is 11.4. The number of aromatic nitrogens is 2.